The molecule has 0 amide bonds. The molecule has 0 saturated heterocycles. The number of carbonyl (C=O) groups is 2. The fourth-order valence-electron chi connectivity index (χ4n) is 3.57. The van der Waals surface area contributed by atoms with Crippen LogP contribution >= 0.6 is 23.8 Å². The van der Waals surface area contributed by atoms with Crippen molar-refractivity contribution in [1.29, 1.82) is 0 Å². The van der Waals surface area contributed by atoms with Gasteiger partial charge in [-0.1, -0.05) is 26.1 Å². The molecule has 24 heavy (non-hydrogen) atoms. The van der Waals surface area contributed by atoms with E-state index >= 15 is 0 Å². The summed E-state index contributed by atoms with van der Waals surface area (Å²) in [4.78, 5) is 24.5. The van der Waals surface area contributed by atoms with E-state index in [1.807, 2.05) is 13.8 Å². The van der Waals surface area contributed by atoms with Crippen LogP contribution in [0.4, 0.5) is 13.2 Å². The van der Waals surface area contributed by atoms with E-state index in [1.165, 1.54) is 0 Å². The molecular weight excluding hydrogens is 363 g/mol. The maximum Gasteiger partial charge on any atom is 0.393 e. The first-order chi connectivity index (χ1) is 10.9. The molecule has 0 aromatic carbocycles. The lowest BCUT2D eigenvalue weighted by Gasteiger charge is -2.37. The summed E-state index contributed by atoms with van der Waals surface area (Å²) < 4.78 is 39.0. The van der Waals surface area contributed by atoms with Crippen molar-refractivity contribution in [3.63, 3.8) is 0 Å². The summed E-state index contributed by atoms with van der Waals surface area (Å²) in [6.07, 6.45) is -3.43. The monoisotopic (exact) mass is 383 g/mol. The fourth-order valence-corrected chi connectivity index (χ4v) is 4.37. The Morgan fingerprint density at radius 2 is 1.75 bits per heavy atom. The van der Waals surface area contributed by atoms with E-state index < -0.39 is 34.8 Å². The largest absolute Gasteiger partial charge is 0.393 e. The van der Waals surface area contributed by atoms with E-state index in [9.17, 15) is 22.8 Å². The topological polar surface area (TPSA) is 46.2 Å². The predicted molar refractivity (Wildman–Crippen MR) is 89.1 cm³/mol. The maximum absolute atomic E-state index is 13.0. The summed E-state index contributed by atoms with van der Waals surface area (Å²) in [7, 11) is 0. The van der Waals surface area contributed by atoms with E-state index in [1.54, 1.807) is 0 Å². The third-order valence-corrected chi connectivity index (χ3v) is 5.62. The van der Waals surface area contributed by atoms with Crippen LogP contribution in [0.25, 0.3) is 0 Å². The Hall–Kier alpha value is -0.690. The number of carbonyl (C=O) groups excluding carboxylic acids is 2. The van der Waals surface area contributed by atoms with Crippen molar-refractivity contribution >= 4 is 40.4 Å². The van der Waals surface area contributed by atoms with Crippen molar-refractivity contribution in [2.45, 2.75) is 63.5 Å². The first-order valence-electron chi connectivity index (χ1n) is 7.97. The highest BCUT2D eigenvalue weighted by Gasteiger charge is 2.48. The highest BCUT2D eigenvalue weighted by atomic mass is 35.5. The molecule has 1 N–H and O–H groups in total. The summed E-state index contributed by atoms with van der Waals surface area (Å²) in [6, 6.07) is -0.519. The van der Waals surface area contributed by atoms with Gasteiger partial charge in [0.05, 0.1) is 10.9 Å². The molecule has 3 atom stereocenters. The standard InChI is InChI=1S/C16H21ClF3NO2S/c1-15(2)6-11(22)13(12(23)7-15)14(24)21-8-3-4-10(17)9(5-8)16(18,19)20/h8-10,13H,3-7H2,1-2H3,(H,21,24). The van der Waals surface area contributed by atoms with E-state index in [0.717, 1.165) is 0 Å². The van der Waals surface area contributed by atoms with E-state index in [4.69, 9.17) is 23.8 Å². The molecule has 0 heterocycles. The zero-order valence-corrected chi connectivity index (χ0v) is 15.2. The van der Waals surface area contributed by atoms with Crippen LogP contribution in [0, 0.1) is 17.3 Å². The number of thiocarbonyl (C=S) groups is 1. The van der Waals surface area contributed by atoms with Gasteiger partial charge in [-0.25, -0.2) is 0 Å². The summed E-state index contributed by atoms with van der Waals surface area (Å²) >= 11 is 11.0. The number of alkyl halides is 4. The Morgan fingerprint density at radius 1 is 1.21 bits per heavy atom. The smallest absolute Gasteiger partial charge is 0.376 e. The van der Waals surface area contributed by atoms with Crippen molar-refractivity contribution in [3.05, 3.63) is 0 Å². The van der Waals surface area contributed by atoms with Gasteiger partial charge in [0.1, 0.15) is 5.92 Å². The third kappa shape index (κ3) is 4.48. The van der Waals surface area contributed by atoms with Crippen molar-refractivity contribution in [2.24, 2.45) is 17.3 Å². The molecule has 2 rings (SSSR count). The van der Waals surface area contributed by atoms with Gasteiger partial charge in [-0.2, -0.15) is 13.2 Å². The van der Waals surface area contributed by atoms with Crippen LogP contribution in [0.15, 0.2) is 0 Å². The van der Waals surface area contributed by atoms with Gasteiger partial charge in [-0.3, -0.25) is 9.59 Å². The average molecular weight is 384 g/mol. The predicted octanol–water partition coefficient (Wildman–Crippen LogP) is 3.82. The van der Waals surface area contributed by atoms with Gasteiger partial charge in [-0.15, -0.1) is 11.6 Å². The molecule has 2 saturated carbocycles. The molecule has 0 aliphatic heterocycles. The van der Waals surface area contributed by atoms with Gasteiger partial charge < -0.3 is 5.32 Å². The molecule has 0 aromatic rings. The number of ketones is 2. The zero-order chi connectivity index (χ0) is 18.3. The zero-order valence-electron chi connectivity index (χ0n) is 13.6. The lowest BCUT2D eigenvalue weighted by Crippen LogP contribution is -2.50. The first-order valence-corrected chi connectivity index (χ1v) is 8.82. The number of rotatable bonds is 2. The second-order valence-corrected chi connectivity index (χ2v) is 8.57. The Kier molecular flexibility index (Phi) is 5.65. The van der Waals surface area contributed by atoms with Crippen molar-refractivity contribution < 1.29 is 22.8 Å². The minimum Gasteiger partial charge on any atom is -0.376 e. The van der Waals surface area contributed by atoms with Gasteiger partial charge >= 0.3 is 6.18 Å². The van der Waals surface area contributed by atoms with Crippen molar-refractivity contribution in [2.75, 3.05) is 0 Å². The molecule has 3 unspecified atom stereocenters. The number of hydrogen-bond acceptors (Lipinski definition) is 3. The highest BCUT2D eigenvalue weighted by molar-refractivity contribution is 7.80. The average Bonchev–Trinajstić information content (AvgIpc) is 2.37. The van der Waals surface area contributed by atoms with Crippen LogP contribution in [0.2, 0.25) is 0 Å². The third-order valence-electron chi connectivity index (χ3n) is 4.74. The van der Waals surface area contributed by atoms with E-state index in [-0.39, 0.29) is 42.2 Å². The summed E-state index contributed by atoms with van der Waals surface area (Å²) in [6.45, 7) is 3.68. The molecule has 3 nitrogen and oxygen atoms in total. The van der Waals surface area contributed by atoms with Crippen molar-refractivity contribution in [1.82, 2.24) is 5.32 Å². The van der Waals surface area contributed by atoms with E-state index in [0.29, 0.717) is 6.42 Å². The Balaban J connectivity index is 2.02. The molecule has 8 heteroatoms. The highest BCUT2D eigenvalue weighted by Crippen LogP contribution is 2.41. The molecule has 0 bridgehead atoms. The molecule has 2 aliphatic carbocycles. The van der Waals surface area contributed by atoms with Gasteiger partial charge in [0.15, 0.2) is 11.6 Å². The molecule has 2 aliphatic rings. The SMILES string of the molecule is CC1(C)CC(=O)C(C(=S)NC2CCC(Cl)C(C(F)(F)F)C2)C(=O)C1. The quantitative estimate of drug-likeness (QED) is 0.447. The van der Waals surface area contributed by atoms with Crippen LogP contribution in [0.5, 0.6) is 0 Å². The number of halogens is 4. The molecular formula is C16H21ClF3NO2S. The minimum atomic E-state index is -4.37. The van der Waals surface area contributed by atoms with Gasteiger partial charge in [0.25, 0.3) is 0 Å². The van der Waals surface area contributed by atoms with Gasteiger partial charge in [-0.05, 0) is 24.7 Å². The van der Waals surface area contributed by atoms with E-state index in [2.05, 4.69) is 5.32 Å². The molecule has 0 spiro atoms. The van der Waals surface area contributed by atoms with Crippen LogP contribution < -0.4 is 5.32 Å². The second kappa shape index (κ2) is 6.90. The molecule has 2 fully saturated rings. The van der Waals surface area contributed by atoms with Crippen molar-refractivity contribution in [3.8, 4) is 0 Å². The van der Waals surface area contributed by atoms with Crippen LogP contribution in [0.1, 0.15) is 46.0 Å². The van der Waals surface area contributed by atoms with Gasteiger partial charge in [0, 0.05) is 24.3 Å². The molecule has 0 radical (unpaired) electrons. The maximum atomic E-state index is 13.0. The Bertz CT molecular complexity index is 530. The number of hydrogen-bond donors (Lipinski definition) is 1. The van der Waals surface area contributed by atoms with Crippen LogP contribution in [-0.4, -0.2) is 34.2 Å². The minimum absolute atomic E-state index is 0.0550. The number of nitrogens with one attached hydrogen (secondary N) is 1. The second-order valence-electron chi connectivity index (χ2n) is 7.57. The fraction of sp³-hybridized carbons (Fsp3) is 0.812. The summed E-state index contributed by atoms with van der Waals surface area (Å²) in [5.41, 5.74) is -0.391. The van der Waals surface area contributed by atoms with Crippen LogP contribution in [0.3, 0.4) is 0 Å². The Labute approximate surface area is 149 Å². The Morgan fingerprint density at radius 3 is 2.25 bits per heavy atom. The normalized spacial score (nSPS) is 31.8. The van der Waals surface area contributed by atoms with Crippen LogP contribution in [-0.2, 0) is 9.59 Å². The van der Waals surface area contributed by atoms with Gasteiger partial charge in [0.2, 0.25) is 0 Å². The lowest BCUT2D eigenvalue weighted by atomic mass is 9.71. The molecule has 136 valence electrons. The summed E-state index contributed by atoms with van der Waals surface area (Å²) in [5.74, 6) is -3.14. The summed E-state index contributed by atoms with van der Waals surface area (Å²) in [5, 5.41) is 1.88. The number of Topliss-reactive ketones (excluding diaryl/α,β-unsaturated/α-hetero) is 2. The molecule has 0 aromatic heterocycles. The lowest BCUT2D eigenvalue weighted by molar-refractivity contribution is -0.182. The first kappa shape index (κ1) is 19.6.